The molecule has 0 spiro atoms. The first-order chi connectivity index (χ1) is 13.3. The summed E-state index contributed by atoms with van der Waals surface area (Å²) in [5.74, 6) is 0.0287. The minimum absolute atomic E-state index is 0.00121. The molecule has 0 unspecified atom stereocenters. The fraction of sp³-hybridized carbons (Fsp3) is 0.400. The molecule has 0 aliphatic carbocycles. The first-order valence-corrected chi connectivity index (χ1v) is 10.0. The molecule has 2 aromatic rings. The second-order valence-electron chi connectivity index (χ2n) is 6.89. The van der Waals surface area contributed by atoms with E-state index in [9.17, 15) is 19.7 Å². The van der Waals surface area contributed by atoms with Crippen molar-refractivity contribution in [2.45, 2.75) is 26.7 Å². The van der Waals surface area contributed by atoms with Crippen molar-refractivity contribution in [2.24, 2.45) is 0 Å². The highest BCUT2D eigenvalue weighted by Crippen LogP contribution is 2.23. The number of aryl methyl sites for hydroxylation is 2. The Balaban J connectivity index is 1.49. The predicted molar refractivity (Wildman–Crippen MR) is 109 cm³/mol. The van der Waals surface area contributed by atoms with E-state index in [2.05, 4.69) is 4.90 Å². The van der Waals surface area contributed by atoms with E-state index in [0.29, 0.717) is 26.2 Å². The van der Waals surface area contributed by atoms with Crippen LogP contribution in [-0.2, 0) is 4.79 Å². The summed E-state index contributed by atoms with van der Waals surface area (Å²) >= 11 is 1.60. The van der Waals surface area contributed by atoms with Gasteiger partial charge in [0.25, 0.3) is 5.69 Å². The number of ketones is 1. The lowest BCUT2D eigenvalue weighted by Crippen LogP contribution is -2.48. The number of nitro groups is 1. The number of amides is 1. The number of thiophene rings is 1. The molecular formula is C20H23N3O4S. The molecule has 0 atom stereocenters. The fourth-order valence-electron chi connectivity index (χ4n) is 3.42. The summed E-state index contributed by atoms with van der Waals surface area (Å²) in [5.41, 5.74) is 1.72. The molecule has 0 saturated carbocycles. The van der Waals surface area contributed by atoms with Gasteiger partial charge in [-0.05, 0) is 32.0 Å². The average molecular weight is 401 g/mol. The van der Waals surface area contributed by atoms with Crippen molar-refractivity contribution >= 4 is 34.4 Å². The van der Waals surface area contributed by atoms with Crippen LogP contribution in [0.15, 0.2) is 30.3 Å². The molecule has 28 heavy (non-hydrogen) atoms. The van der Waals surface area contributed by atoms with Gasteiger partial charge in [-0.3, -0.25) is 19.7 Å². The number of non-ortho nitro benzene ring substituents is 1. The lowest BCUT2D eigenvalue weighted by molar-refractivity contribution is -0.384. The molecule has 0 radical (unpaired) electrons. The van der Waals surface area contributed by atoms with E-state index in [1.165, 1.54) is 12.1 Å². The Hall–Kier alpha value is -2.74. The summed E-state index contributed by atoms with van der Waals surface area (Å²) in [6.45, 7) is 6.41. The second-order valence-corrected chi connectivity index (χ2v) is 8.35. The normalized spacial score (nSPS) is 14.2. The minimum atomic E-state index is -0.416. The van der Waals surface area contributed by atoms with E-state index >= 15 is 0 Å². The lowest BCUT2D eigenvalue weighted by Gasteiger charge is -2.36. The Morgan fingerprint density at radius 2 is 1.71 bits per heavy atom. The zero-order valence-corrected chi connectivity index (χ0v) is 16.8. The maximum Gasteiger partial charge on any atom is 0.269 e. The van der Waals surface area contributed by atoms with Crippen molar-refractivity contribution < 1.29 is 14.5 Å². The van der Waals surface area contributed by atoms with Crippen molar-refractivity contribution in [3.05, 3.63) is 55.8 Å². The number of hydrogen-bond donors (Lipinski definition) is 0. The third-order valence-electron chi connectivity index (χ3n) is 4.97. The number of benzene rings is 1. The van der Waals surface area contributed by atoms with Crippen molar-refractivity contribution in [3.8, 4) is 0 Å². The van der Waals surface area contributed by atoms with Crippen molar-refractivity contribution in [2.75, 3.05) is 31.1 Å². The second kappa shape index (κ2) is 8.52. The molecule has 2 heterocycles. The van der Waals surface area contributed by atoms with Crippen molar-refractivity contribution in [3.63, 3.8) is 0 Å². The van der Waals surface area contributed by atoms with Gasteiger partial charge >= 0.3 is 0 Å². The number of carbonyl (C=O) groups excluding carboxylic acids is 2. The standard InChI is InChI=1S/C20H23N3O4S/c1-14-13-18(15(2)28-14)19(24)7-8-20(25)22-11-9-21(10-12-22)16-3-5-17(6-4-16)23(26)27/h3-6,13H,7-12H2,1-2H3. The van der Waals surface area contributed by atoms with Gasteiger partial charge in [-0.15, -0.1) is 11.3 Å². The van der Waals surface area contributed by atoms with Crippen LogP contribution in [-0.4, -0.2) is 47.7 Å². The van der Waals surface area contributed by atoms with E-state index in [4.69, 9.17) is 0 Å². The summed E-state index contributed by atoms with van der Waals surface area (Å²) < 4.78 is 0. The molecule has 0 bridgehead atoms. The quantitative estimate of drug-likeness (QED) is 0.420. The Morgan fingerprint density at radius 3 is 2.25 bits per heavy atom. The topological polar surface area (TPSA) is 83.8 Å². The Labute approximate surface area is 167 Å². The molecule has 7 nitrogen and oxygen atoms in total. The van der Waals surface area contributed by atoms with Gasteiger partial charge in [0, 0.05) is 72.2 Å². The van der Waals surface area contributed by atoms with Crippen LogP contribution >= 0.6 is 11.3 Å². The van der Waals surface area contributed by atoms with Gasteiger partial charge in [0.15, 0.2) is 5.78 Å². The van der Waals surface area contributed by atoms with Crippen LogP contribution in [0.3, 0.4) is 0 Å². The Bertz CT molecular complexity index is 883. The zero-order chi connectivity index (χ0) is 20.3. The van der Waals surface area contributed by atoms with Crippen LogP contribution in [0.1, 0.15) is 33.0 Å². The van der Waals surface area contributed by atoms with E-state index in [1.807, 2.05) is 19.9 Å². The van der Waals surface area contributed by atoms with E-state index in [-0.39, 0.29) is 30.2 Å². The van der Waals surface area contributed by atoms with E-state index in [1.54, 1.807) is 28.4 Å². The lowest BCUT2D eigenvalue weighted by atomic mass is 10.1. The highest BCUT2D eigenvalue weighted by Gasteiger charge is 2.22. The minimum Gasteiger partial charge on any atom is -0.368 e. The number of piperazine rings is 1. The van der Waals surface area contributed by atoms with E-state index < -0.39 is 4.92 Å². The third-order valence-corrected chi connectivity index (χ3v) is 5.93. The molecule has 1 saturated heterocycles. The molecule has 1 aliphatic heterocycles. The smallest absolute Gasteiger partial charge is 0.269 e. The van der Waals surface area contributed by atoms with Gasteiger partial charge in [0.05, 0.1) is 4.92 Å². The first kappa shape index (κ1) is 20.0. The van der Waals surface area contributed by atoms with E-state index in [0.717, 1.165) is 21.0 Å². The first-order valence-electron chi connectivity index (χ1n) is 9.22. The third kappa shape index (κ3) is 4.56. The molecule has 3 rings (SSSR count). The van der Waals surface area contributed by atoms with Crippen LogP contribution in [0.4, 0.5) is 11.4 Å². The molecule has 1 aromatic heterocycles. The monoisotopic (exact) mass is 401 g/mol. The fourth-order valence-corrected chi connectivity index (χ4v) is 4.36. The maximum absolute atomic E-state index is 12.5. The summed E-state index contributed by atoms with van der Waals surface area (Å²) in [7, 11) is 0. The summed E-state index contributed by atoms with van der Waals surface area (Å²) in [5, 5.41) is 10.8. The molecule has 0 N–H and O–H groups in total. The van der Waals surface area contributed by atoms with Gasteiger partial charge in [-0.1, -0.05) is 0 Å². The van der Waals surface area contributed by atoms with Crippen LogP contribution < -0.4 is 4.90 Å². The maximum atomic E-state index is 12.5. The average Bonchev–Trinajstić information content (AvgIpc) is 3.04. The Morgan fingerprint density at radius 1 is 1.07 bits per heavy atom. The zero-order valence-electron chi connectivity index (χ0n) is 16.0. The van der Waals surface area contributed by atoms with Gasteiger partial charge < -0.3 is 9.80 Å². The van der Waals surface area contributed by atoms with Crippen LogP contribution in [0, 0.1) is 24.0 Å². The molecule has 1 fully saturated rings. The number of hydrogen-bond acceptors (Lipinski definition) is 6. The molecular weight excluding hydrogens is 378 g/mol. The number of nitro benzene ring substituents is 1. The number of anilines is 1. The van der Waals surface area contributed by atoms with Crippen LogP contribution in [0.2, 0.25) is 0 Å². The van der Waals surface area contributed by atoms with Crippen molar-refractivity contribution in [1.82, 2.24) is 4.90 Å². The molecule has 1 aliphatic rings. The number of carbonyl (C=O) groups is 2. The molecule has 1 aromatic carbocycles. The number of rotatable bonds is 6. The predicted octanol–water partition coefficient (Wildman–Crippen LogP) is 3.58. The van der Waals surface area contributed by atoms with Gasteiger partial charge in [0.1, 0.15) is 0 Å². The number of nitrogens with zero attached hydrogens (tertiary/aromatic N) is 3. The highest BCUT2D eigenvalue weighted by molar-refractivity contribution is 7.12. The van der Waals surface area contributed by atoms with Gasteiger partial charge in [-0.25, -0.2) is 0 Å². The highest BCUT2D eigenvalue weighted by atomic mass is 32.1. The summed E-state index contributed by atoms with van der Waals surface area (Å²) in [6.07, 6.45) is 0.461. The molecule has 148 valence electrons. The largest absolute Gasteiger partial charge is 0.368 e. The number of Topliss-reactive ketones (excluding diaryl/α,β-unsaturated/α-hetero) is 1. The summed E-state index contributed by atoms with van der Waals surface area (Å²) in [6, 6.07) is 8.36. The molecule has 1 amide bonds. The summed E-state index contributed by atoms with van der Waals surface area (Å²) in [4.78, 5) is 41.2. The van der Waals surface area contributed by atoms with Crippen LogP contribution in [0.5, 0.6) is 0 Å². The molecule has 8 heteroatoms. The van der Waals surface area contributed by atoms with Gasteiger partial charge in [-0.2, -0.15) is 0 Å². The van der Waals surface area contributed by atoms with Crippen molar-refractivity contribution in [1.29, 1.82) is 0 Å². The SMILES string of the molecule is Cc1cc(C(=O)CCC(=O)N2CCN(c3ccc([N+](=O)[O-])cc3)CC2)c(C)s1. The Kier molecular flexibility index (Phi) is 6.08. The van der Waals surface area contributed by atoms with Crippen LogP contribution in [0.25, 0.3) is 0 Å². The van der Waals surface area contributed by atoms with Gasteiger partial charge in [0.2, 0.25) is 5.91 Å².